The second kappa shape index (κ2) is 5.37. The van der Waals surface area contributed by atoms with Crippen molar-refractivity contribution in [3.05, 3.63) is 63.3 Å². The number of hydrogen-bond donors (Lipinski definition) is 2. The molecule has 1 aliphatic heterocycles. The first kappa shape index (κ1) is 14.2. The predicted octanol–water partition coefficient (Wildman–Crippen LogP) is 4.86. The Kier molecular flexibility index (Phi) is 3.32. The molecule has 4 rings (SSSR count). The summed E-state index contributed by atoms with van der Waals surface area (Å²) in [5.41, 5.74) is 2.36. The predicted molar refractivity (Wildman–Crippen MR) is 90.9 cm³/mol. The lowest BCUT2D eigenvalue weighted by Gasteiger charge is -2.20. The fraction of sp³-hybridized carbons (Fsp3) is 0.0588. The number of para-hydroxylation sites is 1. The van der Waals surface area contributed by atoms with Crippen molar-refractivity contribution in [3.8, 4) is 28.8 Å². The summed E-state index contributed by atoms with van der Waals surface area (Å²) in [5.74, 6) is 1.90. The number of phenols is 1. The number of nitrogens with zero attached hydrogens (tertiary/aromatic N) is 1. The highest BCUT2D eigenvalue weighted by molar-refractivity contribution is 7.71. The minimum atomic E-state index is 0.133. The first-order chi connectivity index (χ1) is 11.1. The van der Waals surface area contributed by atoms with Gasteiger partial charge in [-0.2, -0.15) is 0 Å². The van der Waals surface area contributed by atoms with Gasteiger partial charge in [0.15, 0.2) is 0 Å². The first-order valence-corrected chi connectivity index (χ1v) is 7.78. The third kappa shape index (κ3) is 2.48. The van der Waals surface area contributed by atoms with Crippen molar-refractivity contribution in [2.75, 3.05) is 0 Å². The molecule has 0 saturated heterocycles. The largest absolute Gasteiger partial charge is 0.507 e. The minimum Gasteiger partial charge on any atom is -0.507 e. The molecule has 2 heterocycles. The Hall–Kier alpha value is -2.37. The summed E-state index contributed by atoms with van der Waals surface area (Å²) in [6.45, 7) is 0. The SMILES string of the molecule is Oc1ccccc1-c1nc(=S)c2c([nH]1)Oc1ccc(Cl)cc1C2. The average molecular weight is 343 g/mol. The maximum absolute atomic E-state index is 10.00. The summed E-state index contributed by atoms with van der Waals surface area (Å²) < 4.78 is 6.36. The molecule has 114 valence electrons. The van der Waals surface area contributed by atoms with Crippen LogP contribution >= 0.6 is 23.8 Å². The van der Waals surface area contributed by atoms with Crippen LogP contribution in [0.3, 0.4) is 0 Å². The second-order valence-corrected chi connectivity index (χ2v) is 6.07. The number of ether oxygens (including phenoxy) is 1. The van der Waals surface area contributed by atoms with Gasteiger partial charge < -0.3 is 14.8 Å². The fourth-order valence-corrected chi connectivity index (χ4v) is 3.06. The Morgan fingerprint density at radius 2 is 2.04 bits per heavy atom. The molecule has 0 amide bonds. The number of nitrogens with one attached hydrogen (secondary N) is 1. The topological polar surface area (TPSA) is 58.1 Å². The lowest BCUT2D eigenvalue weighted by Crippen LogP contribution is -2.08. The number of halogens is 1. The van der Waals surface area contributed by atoms with Gasteiger partial charge in [0.1, 0.15) is 22.0 Å². The van der Waals surface area contributed by atoms with Gasteiger partial charge in [0, 0.05) is 17.0 Å². The quantitative estimate of drug-likeness (QED) is 0.485. The normalized spacial score (nSPS) is 12.2. The zero-order chi connectivity index (χ0) is 16.0. The number of fused-ring (bicyclic) bond motifs is 2. The van der Waals surface area contributed by atoms with E-state index in [-0.39, 0.29) is 5.75 Å². The lowest BCUT2D eigenvalue weighted by atomic mass is 10.0. The van der Waals surface area contributed by atoms with E-state index in [1.165, 1.54) is 0 Å². The molecule has 1 aromatic heterocycles. The molecule has 2 N–H and O–H groups in total. The van der Waals surface area contributed by atoms with Crippen LogP contribution in [0, 0.1) is 4.64 Å². The highest BCUT2D eigenvalue weighted by Crippen LogP contribution is 2.38. The van der Waals surface area contributed by atoms with E-state index in [4.69, 9.17) is 28.6 Å². The molecule has 0 atom stereocenters. The fourth-order valence-electron chi connectivity index (χ4n) is 2.61. The molecule has 1 aliphatic rings. The smallest absolute Gasteiger partial charge is 0.205 e. The van der Waals surface area contributed by atoms with Gasteiger partial charge in [-0.1, -0.05) is 36.0 Å². The number of phenolic OH excluding ortho intramolecular Hbond substituents is 1. The molecule has 2 aromatic carbocycles. The molecule has 6 heteroatoms. The molecule has 0 aliphatic carbocycles. The summed E-state index contributed by atoms with van der Waals surface area (Å²) in [6.07, 6.45) is 0.606. The first-order valence-electron chi connectivity index (χ1n) is 6.99. The molecule has 0 fully saturated rings. The Balaban J connectivity index is 1.85. The van der Waals surface area contributed by atoms with Crippen LogP contribution in [0.4, 0.5) is 0 Å². The molecule has 3 aromatic rings. The molecular weight excluding hydrogens is 332 g/mol. The van der Waals surface area contributed by atoms with Crippen molar-refractivity contribution in [2.24, 2.45) is 0 Å². The van der Waals surface area contributed by atoms with Crippen molar-refractivity contribution >= 4 is 23.8 Å². The summed E-state index contributed by atoms with van der Waals surface area (Å²) in [4.78, 5) is 7.52. The number of benzene rings is 2. The summed E-state index contributed by atoms with van der Waals surface area (Å²) in [7, 11) is 0. The van der Waals surface area contributed by atoms with Gasteiger partial charge in [-0.15, -0.1) is 0 Å². The number of aromatic amines is 1. The van der Waals surface area contributed by atoms with Gasteiger partial charge in [-0.25, -0.2) is 4.98 Å². The maximum Gasteiger partial charge on any atom is 0.205 e. The van der Waals surface area contributed by atoms with Crippen molar-refractivity contribution in [1.29, 1.82) is 0 Å². The molecule has 23 heavy (non-hydrogen) atoms. The Morgan fingerprint density at radius 1 is 1.22 bits per heavy atom. The van der Waals surface area contributed by atoms with Gasteiger partial charge in [-0.05, 0) is 30.3 Å². The molecule has 0 saturated carbocycles. The van der Waals surface area contributed by atoms with Crippen LogP contribution in [0.25, 0.3) is 11.4 Å². The number of aromatic hydroxyl groups is 1. The zero-order valence-corrected chi connectivity index (χ0v) is 13.4. The Bertz CT molecular complexity index is 985. The summed E-state index contributed by atoms with van der Waals surface area (Å²) >= 11 is 11.4. The van der Waals surface area contributed by atoms with E-state index in [1.54, 1.807) is 24.3 Å². The summed E-state index contributed by atoms with van der Waals surface area (Å²) in [6, 6.07) is 12.4. The van der Waals surface area contributed by atoms with E-state index in [0.29, 0.717) is 33.4 Å². The van der Waals surface area contributed by atoms with E-state index in [1.807, 2.05) is 18.2 Å². The molecule has 0 radical (unpaired) electrons. The van der Waals surface area contributed by atoms with Crippen molar-refractivity contribution in [1.82, 2.24) is 9.97 Å². The van der Waals surface area contributed by atoms with Crippen molar-refractivity contribution in [2.45, 2.75) is 6.42 Å². The number of hydrogen-bond acceptors (Lipinski definition) is 4. The van der Waals surface area contributed by atoms with E-state index in [9.17, 15) is 5.11 Å². The molecule has 0 unspecified atom stereocenters. The average Bonchev–Trinajstić information content (AvgIpc) is 2.54. The van der Waals surface area contributed by atoms with Crippen LogP contribution in [0.2, 0.25) is 5.02 Å². The number of rotatable bonds is 1. The van der Waals surface area contributed by atoms with E-state index < -0.39 is 0 Å². The molecule has 0 spiro atoms. The second-order valence-electron chi connectivity index (χ2n) is 5.25. The zero-order valence-electron chi connectivity index (χ0n) is 11.8. The van der Waals surface area contributed by atoms with Crippen LogP contribution in [-0.4, -0.2) is 15.1 Å². The molecule has 0 bridgehead atoms. The third-order valence-electron chi connectivity index (χ3n) is 3.74. The standard InChI is InChI=1S/C17H11ClN2O2S/c18-10-5-6-14-9(7-10)8-12-16(22-14)19-15(20-17(12)23)11-3-1-2-4-13(11)21/h1-7,21H,8H2,(H,19,20,23). The van der Waals surface area contributed by atoms with Gasteiger partial charge >= 0.3 is 0 Å². The summed E-state index contributed by atoms with van der Waals surface area (Å²) in [5, 5.41) is 10.7. The minimum absolute atomic E-state index is 0.133. The van der Waals surface area contributed by atoms with Gasteiger partial charge in [0.25, 0.3) is 0 Å². The van der Waals surface area contributed by atoms with Gasteiger partial charge in [-0.3, -0.25) is 0 Å². The third-order valence-corrected chi connectivity index (χ3v) is 4.31. The van der Waals surface area contributed by atoms with Crippen LogP contribution in [0.15, 0.2) is 42.5 Å². The van der Waals surface area contributed by atoms with Crippen molar-refractivity contribution in [3.63, 3.8) is 0 Å². The van der Waals surface area contributed by atoms with Crippen LogP contribution < -0.4 is 4.74 Å². The van der Waals surface area contributed by atoms with Crippen LogP contribution in [-0.2, 0) is 6.42 Å². The van der Waals surface area contributed by atoms with Crippen LogP contribution in [0.5, 0.6) is 17.4 Å². The van der Waals surface area contributed by atoms with E-state index in [2.05, 4.69) is 9.97 Å². The highest BCUT2D eigenvalue weighted by Gasteiger charge is 2.21. The van der Waals surface area contributed by atoms with E-state index >= 15 is 0 Å². The highest BCUT2D eigenvalue weighted by atomic mass is 35.5. The van der Waals surface area contributed by atoms with Crippen LogP contribution in [0.1, 0.15) is 11.1 Å². The maximum atomic E-state index is 10.00. The van der Waals surface area contributed by atoms with Gasteiger partial charge in [0.05, 0.1) is 11.1 Å². The monoisotopic (exact) mass is 342 g/mol. The van der Waals surface area contributed by atoms with Crippen molar-refractivity contribution < 1.29 is 9.84 Å². The number of aromatic nitrogens is 2. The molecular formula is C17H11ClN2O2S. The lowest BCUT2D eigenvalue weighted by molar-refractivity contribution is 0.438. The Labute approximate surface area is 142 Å². The number of H-pyrrole nitrogens is 1. The van der Waals surface area contributed by atoms with E-state index in [0.717, 1.165) is 16.9 Å². The molecule has 4 nitrogen and oxygen atoms in total. The van der Waals surface area contributed by atoms with Gasteiger partial charge in [0.2, 0.25) is 5.88 Å². The Morgan fingerprint density at radius 3 is 2.87 bits per heavy atom.